The van der Waals surface area contributed by atoms with Crippen LogP contribution in [0.25, 0.3) is 11.1 Å². The average Bonchev–Trinajstić information content (AvgIpc) is 2.55. The monoisotopic (exact) mass is 299 g/mol. The van der Waals surface area contributed by atoms with Crippen LogP contribution in [0.1, 0.15) is 6.92 Å². The lowest BCUT2D eigenvalue weighted by atomic mass is 10.0. The molecule has 2 aromatic carbocycles. The Hall–Kier alpha value is -3.02. The van der Waals surface area contributed by atoms with Gasteiger partial charge in [-0.1, -0.05) is 48.5 Å². The van der Waals surface area contributed by atoms with Crippen molar-refractivity contribution < 1.29 is 14.3 Å². The molecule has 0 aromatic heterocycles. The third-order valence-corrected chi connectivity index (χ3v) is 2.81. The molecule has 6 heteroatoms. The molecule has 0 bridgehead atoms. The van der Waals surface area contributed by atoms with Crippen LogP contribution in [0.3, 0.4) is 0 Å². The zero-order chi connectivity index (χ0) is 15.8. The van der Waals surface area contributed by atoms with E-state index in [1.807, 2.05) is 48.5 Å². The fraction of sp³-hybridized carbons (Fsp3) is 0.125. The number of hydrogen-bond donors (Lipinski definition) is 3. The minimum absolute atomic E-state index is 0.228. The molecule has 0 aliphatic rings. The van der Waals surface area contributed by atoms with Crippen molar-refractivity contribution in [3.05, 3.63) is 54.6 Å². The van der Waals surface area contributed by atoms with Crippen molar-refractivity contribution in [3.63, 3.8) is 0 Å². The maximum atomic E-state index is 11.8. The second kappa shape index (κ2) is 7.68. The van der Waals surface area contributed by atoms with Crippen LogP contribution in [-0.2, 0) is 4.74 Å². The number of ether oxygens (including phenoxy) is 1. The van der Waals surface area contributed by atoms with Crippen molar-refractivity contribution >= 4 is 17.8 Å². The first-order valence-corrected chi connectivity index (χ1v) is 6.85. The van der Waals surface area contributed by atoms with Gasteiger partial charge in [0.2, 0.25) is 0 Å². The van der Waals surface area contributed by atoms with E-state index in [0.29, 0.717) is 5.69 Å². The normalized spacial score (nSPS) is 9.68. The van der Waals surface area contributed by atoms with Gasteiger partial charge in [0, 0.05) is 5.56 Å². The van der Waals surface area contributed by atoms with Gasteiger partial charge in [-0.15, -0.1) is 0 Å². The largest absolute Gasteiger partial charge is 0.449 e. The fourth-order valence-electron chi connectivity index (χ4n) is 1.89. The van der Waals surface area contributed by atoms with E-state index in [1.165, 1.54) is 0 Å². The van der Waals surface area contributed by atoms with Crippen molar-refractivity contribution in [2.45, 2.75) is 6.92 Å². The Bertz CT molecular complexity index is 644. The van der Waals surface area contributed by atoms with E-state index in [4.69, 9.17) is 0 Å². The molecular formula is C16H17N3O3. The van der Waals surface area contributed by atoms with Gasteiger partial charge in [0.15, 0.2) is 0 Å². The molecule has 0 radical (unpaired) electrons. The van der Waals surface area contributed by atoms with E-state index in [0.717, 1.165) is 11.1 Å². The summed E-state index contributed by atoms with van der Waals surface area (Å²) in [4.78, 5) is 22.9. The van der Waals surface area contributed by atoms with Crippen LogP contribution in [0.2, 0.25) is 0 Å². The highest BCUT2D eigenvalue weighted by atomic mass is 16.6. The van der Waals surface area contributed by atoms with Gasteiger partial charge in [0.05, 0.1) is 12.3 Å². The molecule has 0 unspecified atom stereocenters. The van der Waals surface area contributed by atoms with Crippen LogP contribution in [0.5, 0.6) is 0 Å². The number of benzene rings is 2. The molecule has 0 saturated heterocycles. The first kappa shape index (κ1) is 15.4. The third-order valence-electron chi connectivity index (χ3n) is 2.81. The highest BCUT2D eigenvalue weighted by Gasteiger charge is 2.08. The lowest BCUT2D eigenvalue weighted by Gasteiger charge is -2.12. The Labute approximate surface area is 128 Å². The first-order valence-electron chi connectivity index (χ1n) is 6.85. The average molecular weight is 299 g/mol. The first-order chi connectivity index (χ1) is 10.7. The summed E-state index contributed by atoms with van der Waals surface area (Å²) < 4.78 is 4.64. The summed E-state index contributed by atoms with van der Waals surface area (Å²) in [7, 11) is 0. The lowest BCUT2D eigenvalue weighted by molar-refractivity contribution is 0.148. The standard InChI is InChI=1S/C16H17N3O3/c1-2-22-16(21)19-18-15(20)17-14-11-7-6-10-13(14)12-8-4-3-5-9-12/h3-11H,2H2,1H3,(H,19,21)(H2,17,18,20). The van der Waals surface area contributed by atoms with E-state index in [2.05, 4.69) is 20.9 Å². The van der Waals surface area contributed by atoms with E-state index in [-0.39, 0.29) is 6.61 Å². The molecule has 3 N–H and O–H groups in total. The maximum Gasteiger partial charge on any atom is 0.426 e. The van der Waals surface area contributed by atoms with E-state index in [1.54, 1.807) is 13.0 Å². The zero-order valence-electron chi connectivity index (χ0n) is 12.1. The quantitative estimate of drug-likeness (QED) is 0.762. The molecule has 2 rings (SSSR count). The zero-order valence-corrected chi connectivity index (χ0v) is 12.1. The van der Waals surface area contributed by atoms with Crippen LogP contribution >= 0.6 is 0 Å². The topological polar surface area (TPSA) is 79.5 Å². The molecule has 114 valence electrons. The summed E-state index contributed by atoms with van der Waals surface area (Å²) in [6, 6.07) is 16.5. The molecule has 0 aliphatic heterocycles. The van der Waals surface area contributed by atoms with E-state index in [9.17, 15) is 9.59 Å². The second-order valence-electron chi connectivity index (χ2n) is 4.34. The van der Waals surface area contributed by atoms with Gasteiger partial charge in [-0.3, -0.25) is 0 Å². The number of amides is 3. The molecule has 0 saturated carbocycles. The van der Waals surface area contributed by atoms with Gasteiger partial charge in [-0.05, 0) is 18.6 Å². The number of hydrazine groups is 1. The van der Waals surface area contributed by atoms with Crippen LogP contribution in [-0.4, -0.2) is 18.7 Å². The van der Waals surface area contributed by atoms with Crippen LogP contribution in [0.15, 0.2) is 54.6 Å². The summed E-state index contributed by atoms with van der Waals surface area (Å²) in [6.07, 6.45) is -0.714. The Morgan fingerprint density at radius 1 is 0.955 bits per heavy atom. The van der Waals surface area contributed by atoms with Crippen LogP contribution < -0.4 is 16.2 Å². The highest BCUT2D eigenvalue weighted by molar-refractivity contribution is 5.94. The van der Waals surface area contributed by atoms with Crippen molar-refractivity contribution in [2.75, 3.05) is 11.9 Å². The van der Waals surface area contributed by atoms with Crippen molar-refractivity contribution in [2.24, 2.45) is 0 Å². The Balaban J connectivity index is 2.04. The SMILES string of the molecule is CCOC(=O)NNC(=O)Nc1ccccc1-c1ccccc1. The van der Waals surface area contributed by atoms with Gasteiger partial charge >= 0.3 is 12.1 Å². The number of anilines is 1. The smallest absolute Gasteiger partial charge is 0.426 e. The molecule has 22 heavy (non-hydrogen) atoms. The predicted molar refractivity (Wildman–Crippen MR) is 84.2 cm³/mol. The molecule has 0 fully saturated rings. The predicted octanol–water partition coefficient (Wildman–Crippen LogP) is 3.14. The Morgan fingerprint density at radius 3 is 2.36 bits per heavy atom. The van der Waals surface area contributed by atoms with Gasteiger partial charge in [-0.25, -0.2) is 20.4 Å². The highest BCUT2D eigenvalue weighted by Crippen LogP contribution is 2.27. The summed E-state index contributed by atoms with van der Waals surface area (Å²) >= 11 is 0. The molecule has 0 spiro atoms. The third kappa shape index (κ3) is 4.24. The molecule has 0 atom stereocenters. The van der Waals surface area contributed by atoms with E-state index >= 15 is 0 Å². The number of hydrogen-bond acceptors (Lipinski definition) is 3. The van der Waals surface area contributed by atoms with Crippen molar-refractivity contribution in [1.29, 1.82) is 0 Å². The minimum Gasteiger partial charge on any atom is -0.449 e. The van der Waals surface area contributed by atoms with Gasteiger partial charge in [0.1, 0.15) is 0 Å². The molecule has 0 heterocycles. The minimum atomic E-state index is -0.714. The fourth-order valence-corrected chi connectivity index (χ4v) is 1.89. The number of carbonyl (C=O) groups is 2. The number of para-hydroxylation sites is 1. The Kier molecular flexibility index (Phi) is 5.37. The Morgan fingerprint density at radius 2 is 1.64 bits per heavy atom. The summed E-state index contributed by atoms with van der Waals surface area (Å²) in [5.41, 5.74) is 6.86. The van der Waals surface area contributed by atoms with Gasteiger partial charge < -0.3 is 10.1 Å². The summed E-state index contributed by atoms with van der Waals surface area (Å²) in [5, 5.41) is 2.69. The summed E-state index contributed by atoms with van der Waals surface area (Å²) in [5.74, 6) is 0. The second-order valence-corrected chi connectivity index (χ2v) is 4.34. The molecule has 2 aromatic rings. The van der Waals surface area contributed by atoms with Gasteiger partial charge in [0.25, 0.3) is 0 Å². The maximum absolute atomic E-state index is 11.8. The molecular weight excluding hydrogens is 282 g/mol. The number of carbonyl (C=O) groups excluding carboxylic acids is 2. The summed E-state index contributed by atoms with van der Waals surface area (Å²) in [6.45, 7) is 1.90. The molecule has 6 nitrogen and oxygen atoms in total. The van der Waals surface area contributed by atoms with Crippen molar-refractivity contribution in [3.8, 4) is 11.1 Å². The number of nitrogens with one attached hydrogen (secondary N) is 3. The van der Waals surface area contributed by atoms with Crippen molar-refractivity contribution in [1.82, 2.24) is 10.9 Å². The van der Waals surface area contributed by atoms with Crippen LogP contribution in [0.4, 0.5) is 15.3 Å². The molecule has 0 aliphatic carbocycles. The van der Waals surface area contributed by atoms with Gasteiger partial charge in [-0.2, -0.15) is 0 Å². The van der Waals surface area contributed by atoms with Crippen LogP contribution in [0, 0.1) is 0 Å². The number of urea groups is 1. The molecule has 3 amide bonds. The lowest BCUT2D eigenvalue weighted by Crippen LogP contribution is -2.44. The number of rotatable bonds is 3. The van der Waals surface area contributed by atoms with E-state index < -0.39 is 12.1 Å².